The van der Waals surface area contributed by atoms with Crippen molar-refractivity contribution in [2.75, 3.05) is 0 Å². The Morgan fingerprint density at radius 2 is 1.02 bits per heavy atom. The van der Waals surface area contributed by atoms with Crippen LogP contribution in [0.3, 0.4) is 0 Å². The van der Waals surface area contributed by atoms with E-state index in [2.05, 4.69) is 54.6 Å². The van der Waals surface area contributed by atoms with Crippen LogP contribution in [0.4, 0.5) is 0 Å². The van der Waals surface area contributed by atoms with Gasteiger partial charge in [0.2, 0.25) is 0 Å². The fourth-order valence-electron chi connectivity index (χ4n) is 7.33. The molecule has 10 rings (SSSR count). The molecule has 1 heteroatoms. The van der Waals surface area contributed by atoms with E-state index in [-0.39, 0.29) is 40.5 Å². The molecule has 0 fully saturated rings. The minimum atomic E-state index is -0.485. The molecule has 1 nitrogen and oxygen atoms in total. The molecule has 9 aromatic carbocycles. The van der Waals surface area contributed by atoms with Gasteiger partial charge in [-0.25, -0.2) is 0 Å². The van der Waals surface area contributed by atoms with Crippen molar-refractivity contribution in [1.82, 2.24) is 0 Å². The lowest BCUT2D eigenvalue weighted by Gasteiger charge is -2.18. The molecule has 0 aliphatic carbocycles. The molecule has 10 aromatic rings. The van der Waals surface area contributed by atoms with Gasteiger partial charge in [0.05, 0.1) is 9.60 Å². The van der Waals surface area contributed by atoms with Crippen molar-refractivity contribution >= 4 is 54.3 Å². The maximum absolute atomic E-state index is 9.19. The number of rotatable bonds is 4. The Labute approximate surface area is 294 Å². The van der Waals surface area contributed by atoms with Crippen LogP contribution in [0.25, 0.3) is 98.8 Å². The van der Waals surface area contributed by atoms with Crippen LogP contribution in [0, 0.1) is 0 Å². The van der Waals surface area contributed by atoms with Crippen LogP contribution in [-0.2, 0) is 0 Å². The van der Waals surface area contributed by atoms with Crippen LogP contribution in [0.2, 0.25) is 0 Å². The SMILES string of the molecule is [2H]c1c([2H])c([2H])c2c([2H])c(-c3cccc(-c4c5ccccc5c(-c5cccc6oc7ccc(-c8ccccc8)cc7c56)c5ccccc45)c3)c([2H])c([2H])c2c1[2H]. The normalized spacial score (nSPS) is 13.7. The molecule has 0 bridgehead atoms. The Kier molecular flexibility index (Phi) is 4.85. The van der Waals surface area contributed by atoms with Crippen molar-refractivity contribution in [3.8, 4) is 44.5 Å². The number of furan rings is 1. The van der Waals surface area contributed by atoms with Crippen molar-refractivity contribution in [3.05, 3.63) is 182 Å². The standard InChI is InChI=1S/C48H30O/c1-2-12-31(13-3-1)36-26-27-44-43(30-36)48-42(22-11-23-45(48)49-44)47-40-20-8-6-18-38(40)46(39-19-7-9-21-41(39)47)37-17-10-16-34(29-37)35-25-24-32-14-4-5-15-33(32)28-35/h1-30H/i4D,5D,14D,15D,24D,25D,28D. The fourth-order valence-corrected chi connectivity index (χ4v) is 7.33. The fraction of sp³-hybridized carbons (Fsp3) is 0. The van der Waals surface area contributed by atoms with Crippen molar-refractivity contribution < 1.29 is 14.0 Å². The Hall–Kier alpha value is -6.44. The molecule has 0 saturated carbocycles. The second-order valence-electron chi connectivity index (χ2n) is 12.3. The zero-order chi connectivity index (χ0) is 38.4. The molecule has 228 valence electrons. The average molecular weight is 630 g/mol. The van der Waals surface area contributed by atoms with Crippen LogP contribution in [0.5, 0.6) is 0 Å². The maximum Gasteiger partial charge on any atom is 0.136 e. The zero-order valence-electron chi connectivity index (χ0n) is 33.2. The topological polar surface area (TPSA) is 13.1 Å². The van der Waals surface area contributed by atoms with Gasteiger partial charge in [-0.3, -0.25) is 0 Å². The molecule has 0 N–H and O–H groups in total. The first-order chi connectivity index (χ1) is 27.2. The molecule has 0 saturated heterocycles. The molecule has 0 atom stereocenters. The van der Waals surface area contributed by atoms with E-state index < -0.39 is 18.1 Å². The zero-order valence-corrected chi connectivity index (χ0v) is 26.2. The maximum atomic E-state index is 9.19. The van der Waals surface area contributed by atoms with Crippen LogP contribution in [-0.4, -0.2) is 0 Å². The largest absolute Gasteiger partial charge is 0.456 e. The first-order valence-electron chi connectivity index (χ1n) is 19.8. The van der Waals surface area contributed by atoms with Gasteiger partial charge < -0.3 is 4.42 Å². The van der Waals surface area contributed by atoms with Gasteiger partial charge in [0.15, 0.2) is 0 Å². The molecule has 49 heavy (non-hydrogen) atoms. The average Bonchev–Trinajstić information content (AvgIpc) is 3.61. The third-order valence-electron chi connectivity index (χ3n) is 9.49. The smallest absolute Gasteiger partial charge is 0.136 e. The van der Waals surface area contributed by atoms with Crippen LogP contribution < -0.4 is 0 Å². The summed E-state index contributed by atoms with van der Waals surface area (Å²) >= 11 is 0. The summed E-state index contributed by atoms with van der Waals surface area (Å²) in [7, 11) is 0. The number of hydrogen-bond acceptors (Lipinski definition) is 1. The highest BCUT2D eigenvalue weighted by molar-refractivity contribution is 6.25. The highest BCUT2D eigenvalue weighted by Crippen LogP contribution is 2.47. The number of fused-ring (bicyclic) bond motifs is 6. The molecule has 0 aliphatic rings. The Bertz CT molecular complexity index is 3220. The van der Waals surface area contributed by atoms with E-state index in [4.69, 9.17) is 12.6 Å². The monoisotopic (exact) mass is 629 g/mol. The third kappa shape index (κ3) is 4.47. The van der Waals surface area contributed by atoms with E-state index in [0.29, 0.717) is 5.56 Å². The summed E-state index contributed by atoms with van der Waals surface area (Å²) in [5.74, 6) is 0. The van der Waals surface area contributed by atoms with E-state index in [1.54, 1.807) is 6.07 Å². The van der Waals surface area contributed by atoms with Gasteiger partial charge in [-0.2, -0.15) is 0 Å². The second kappa shape index (κ2) is 11.1. The van der Waals surface area contributed by atoms with E-state index in [9.17, 15) is 1.37 Å². The van der Waals surface area contributed by atoms with Gasteiger partial charge in [-0.15, -0.1) is 0 Å². The van der Waals surface area contributed by atoms with Crippen molar-refractivity contribution in [2.24, 2.45) is 0 Å². The minimum absolute atomic E-state index is 0.0607. The Balaban J connectivity index is 1.24. The van der Waals surface area contributed by atoms with Crippen molar-refractivity contribution in [1.29, 1.82) is 0 Å². The van der Waals surface area contributed by atoms with E-state index in [1.165, 1.54) is 0 Å². The first-order valence-corrected chi connectivity index (χ1v) is 16.3. The molecular weight excluding hydrogens is 593 g/mol. The summed E-state index contributed by atoms with van der Waals surface area (Å²) in [6.45, 7) is 0. The molecule has 1 aromatic heterocycles. The van der Waals surface area contributed by atoms with Crippen molar-refractivity contribution in [2.45, 2.75) is 0 Å². The summed E-state index contributed by atoms with van der Waals surface area (Å²) < 4.78 is 67.0. The van der Waals surface area contributed by atoms with Crippen LogP contribution in [0.15, 0.2) is 186 Å². The van der Waals surface area contributed by atoms with Gasteiger partial charge in [0, 0.05) is 10.8 Å². The Morgan fingerprint density at radius 1 is 0.388 bits per heavy atom. The van der Waals surface area contributed by atoms with Gasteiger partial charge in [0.1, 0.15) is 11.2 Å². The lowest BCUT2D eigenvalue weighted by atomic mass is 9.84. The highest BCUT2D eigenvalue weighted by Gasteiger charge is 2.20. The Morgan fingerprint density at radius 3 is 1.80 bits per heavy atom. The summed E-state index contributed by atoms with van der Waals surface area (Å²) in [4.78, 5) is 0. The minimum Gasteiger partial charge on any atom is -0.456 e. The molecule has 0 aliphatic heterocycles. The lowest BCUT2D eigenvalue weighted by Crippen LogP contribution is -1.91. The first kappa shape index (κ1) is 21.4. The number of benzene rings is 9. The van der Waals surface area contributed by atoms with Crippen LogP contribution >= 0.6 is 0 Å². The highest BCUT2D eigenvalue weighted by atomic mass is 16.3. The summed E-state index contributed by atoms with van der Waals surface area (Å²) in [6.07, 6.45) is 0. The number of hydrogen-bond donors (Lipinski definition) is 0. The second-order valence-corrected chi connectivity index (χ2v) is 12.3. The van der Waals surface area contributed by atoms with Crippen LogP contribution in [0.1, 0.15) is 9.60 Å². The summed E-state index contributed by atoms with van der Waals surface area (Å²) in [6, 6.07) is 44.7. The molecular formula is C48H30O. The summed E-state index contributed by atoms with van der Waals surface area (Å²) in [5, 5.41) is 6.02. The van der Waals surface area contributed by atoms with Gasteiger partial charge in [-0.05, 0) is 107 Å². The molecule has 0 unspecified atom stereocenters. The van der Waals surface area contributed by atoms with Gasteiger partial charge in [-0.1, -0.05) is 152 Å². The van der Waals surface area contributed by atoms with Crippen molar-refractivity contribution in [3.63, 3.8) is 0 Å². The van der Waals surface area contributed by atoms with Gasteiger partial charge >= 0.3 is 0 Å². The molecule has 0 amide bonds. The van der Waals surface area contributed by atoms with E-state index >= 15 is 0 Å². The molecule has 1 heterocycles. The molecule has 0 spiro atoms. The predicted molar refractivity (Wildman–Crippen MR) is 208 cm³/mol. The summed E-state index contributed by atoms with van der Waals surface area (Å²) in [5.41, 5.74) is 8.48. The molecule has 0 radical (unpaired) electrons. The lowest BCUT2D eigenvalue weighted by molar-refractivity contribution is 0.669. The van der Waals surface area contributed by atoms with Gasteiger partial charge in [0.25, 0.3) is 0 Å². The van der Waals surface area contributed by atoms with E-state index in [0.717, 1.165) is 76.9 Å². The van der Waals surface area contributed by atoms with E-state index in [1.807, 2.05) is 78.9 Å². The quantitative estimate of drug-likeness (QED) is 0.177. The third-order valence-corrected chi connectivity index (χ3v) is 9.49. The predicted octanol–water partition coefficient (Wildman–Crippen LogP) is 13.7.